The van der Waals surface area contributed by atoms with Crippen molar-refractivity contribution in [3.63, 3.8) is 0 Å². The molecule has 2 aromatic rings. The summed E-state index contributed by atoms with van der Waals surface area (Å²) in [4.78, 5) is 25.7. The quantitative estimate of drug-likeness (QED) is 0.822. The molecule has 1 aliphatic rings. The second kappa shape index (κ2) is 5.01. The Balaban J connectivity index is 1.71. The summed E-state index contributed by atoms with van der Waals surface area (Å²) in [6.07, 6.45) is 4.79. The number of aromatic amines is 1. The highest BCUT2D eigenvalue weighted by Gasteiger charge is 2.16. The number of Topliss-reactive ketones (excluding diaryl/α,β-unsaturated/α-hetero) is 1. The lowest BCUT2D eigenvalue weighted by Gasteiger charge is -2.10. The first-order chi connectivity index (χ1) is 9.22. The van der Waals surface area contributed by atoms with Crippen LogP contribution in [-0.4, -0.2) is 23.4 Å². The van der Waals surface area contributed by atoms with E-state index in [1.54, 1.807) is 18.2 Å². The summed E-state index contributed by atoms with van der Waals surface area (Å²) in [5, 5.41) is 3.28. The topological polar surface area (TPSA) is 75.1 Å². The second-order valence-electron chi connectivity index (χ2n) is 5.01. The van der Waals surface area contributed by atoms with Crippen molar-refractivity contribution in [3.8, 4) is 0 Å². The molecule has 2 N–H and O–H groups in total. The third-order valence-corrected chi connectivity index (χ3v) is 3.65. The van der Waals surface area contributed by atoms with E-state index in [0.29, 0.717) is 29.2 Å². The Hall–Kier alpha value is -1.88. The van der Waals surface area contributed by atoms with Crippen LogP contribution in [0, 0.1) is 0 Å². The van der Waals surface area contributed by atoms with Crippen LogP contribution >= 0.6 is 0 Å². The molecule has 1 heterocycles. The Morgan fingerprint density at radius 1 is 1.37 bits per heavy atom. The number of hydrogen-bond acceptors (Lipinski definition) is 4. The Morgan fingerprint density at radius 2 is 2.16 bits per heavy atom. The van der Waals surface area contributed by atoms with Gasteiger partial charge in [-0.25, -0.2) is 4.79 Å². The maximum atomic E-state index is 12.1. The fourth-order valence-electron chi connectivity index (χ4n) is 2.59. The third kappa shape index (κ3) is 2.61. The minimum atomic E-state index is -0.497. The van der Waals surface area contributed by atoms with Gasteiger partial charge in [-0.3, -0.25) is 9.78 Å². The van der Waals surface area contributed by atoms with E-state index in [1.807, 2.05) is 0 Å². The molecule has 19 heavy (non-hydrogen) atoms. The van der Waals surface area contributed by atoms with Gasteiger partial charge < -0.3 is 9.73 Å². The van der Waals surface area contributed by atoms with Crippen LogP contribution in [0.4, 0.5) is 0 Å². The van der Waals surface area contributed by atoms with Gasteiger partial charge >= 0.3 is 5.76 Å². The molecule has 0 saturated heterocycles. The van der Waals surface area contributed by atoms with Crippen molar-refractivity contribution < 1.29 is 9.21 Å². The van der Waals surface area contributed by atoms with Gasteiger partial charge in [0.2, 0.25) is 0 Å². The maximum absolute atomic E-state index is 12.1. The van der Waals surface area contributed by atoms with Gasteiger partial charge in [0.05, 0.1) is 12.1 Å². The molecule has 1 aliphatic carbocycles. The van der Waals surface area contributed by atoms with Crippen LogP contribution in [0.25, 0.3) is 11.1 Å². The number of aromatic nitrogens is 1. The molecule has 0 unspecified atom stereocenters. The highest BCUT2D eigenvalue weighted by Crippen LogP contribution is 2.18. The first-order valence-electron chi connectivity index (χ1n) is 6.62. The lowest BCUT2D eigenvalue weighted by Crippen LogP contribution is -2.31. The van der Waals surface area contributed by atoms with E-state index in [2.05, 4.69) is 10.3 Å². The fraction of sp³-hybridized carbons (Fsp3) is 0.429. The average molecular weight is 260 g/mol. The van der Waals surface area contributed by atoms with Crippen LogP contribution in [0.15, 0.2) is 27.4 Å². The van der Waals surface area contributed by atoms with Gasteiger partial charge in [-0.05, 0) is 31.0 Å². The molecule has 1 fully saturated rings. The Kier molecular flexibility index (Phi) is 3.21. The van der Waals surface area contributed by atoms with Gasteiger partial charge in [0.15, 0.2) is 11.4 Å². The van der Waals surface area contributed by atoms with E-state index in [0.717, 1.165) is 12.8 Å². The van der Waals surface area contributed by atoms with Crippen molar-refractivity contribution in [3.05, 3.63) is 34.3 Å². The summed E-state index contributed by atoms with van der Waals surface area (Å²) in [6.45, 7) is 0.338. The predicted octanol–water partition coefficient (Wildman–Crippen LogP) is 1.84. The number of benzene rings is 1. The molecular weight excluding hydrogens is 244 g/mol. The van der Waals surface area contributed by atoms with Crippen LogP contribution in [-0.2, 0) is 0 Å². The number of oxazole rings is 1. The lowest BCUT2D eigenvalue weighted by molar-refractivity contribution is 0.0987. The smallest absolute Gasteiger partial charge is 0.408 e. The van der Waals surface area contributed by atoms with Crippen molar-refractivity contribution in [2.45, 2.75) is 31.7 Å². The Labute approximate surface area is 110 Å². The zero-order chi connectivity index (χ0) is 13.2. The molecule has 0 spiro atoms. The molecule has 0 atom stereocenters. The molecule has 1 aromatic heterocycles. The third-order valence-electron chi connectivity index (χ3n) is 3.65. The van der Waals surface area contributed by atoms with Crippen LogP contribution in [0.5, 0.6) is 0 Å². The first-order valence-corrected chi connectivity index (χ1v) is 6.62. The van der Waals surface area contributed by atoms with Gasteiger partial charge in [0.25, 0.3) is 0 Å². The minimum absolute atomic E-state index is 0.0256. The number of H-pyrrole nitrogens is 1. The molecule has 3 rings (SSSR count). The van der Waals surface area contributed by atoms with Crippen molar-refractivity contribution >= 4 is 16.9 Å². The van der Waals surface area contributed by atoms with Gasteiger partial charge in [-0.15, -0.1) is 0 Å². The number of ketones is 1. The maximum Gasteiger partial charge on any atom is 0.417 e. The highest BCUT2D eigenvalue weighted by molar-refractivity contribution is 5.99. The molecule has 0 amide bonds. The summed E-state index contributed by atoms with van der Waals surface area (Å²) in [5.41, 5.74) is 1.61. The molecule has 1 aromatic carbocycles. The molecular formula is C14H16N2O3. The first kappa shape index (κ1) is 12.2. The van der Waals surface area contributed by atoms with E-state index >= 15 is 0 Å². The van der Waals surface area contributed by atoms with E-state index < -0.39 is 5.76 Å². The van der Waals surface area contributed by atoms with Gasteiger partial charge in [-0.2, -0.15) is 0 Å². The van der Waals surface area contributed by atoms with E-state index in [9.17, 15) is 9.59 Å². The number of carbonyl (C=O) groups excluding carboxylic acids is 1. The largest absolute Gasteiger partial charge is 0.417 e. The fourth-order valence-corrected chi connectivity index (χ4v) is 2.59. The molecule has 0 radical (unpaired) electrons. The van der Waals surface area contributed by atoms with Crippen molar-refractivity contribution in [1.29, 1.82) is 0 Å². The lowest BCUT2D eigenvalue weighted by atomic mass is 10.1. The average Bonchev–Trinajstić information content (AvgIpc) is 3.02. The van der Waals surface area contributed by atoms with Crippen molar-refractivity contribution in [2.24, 2.45) is 0 Å². The molecule has 100 valence electrons. The standard InChI is InChI=1S/C14H16N2O3/c17-12(8-15-10-3-1-2-4-10)9-5-6-11-13(7-9)19-14(18)16-11/h5-7,10,15H,1-4,8H2,(H,16,18). The summed E-state index contributed by atoms with van der Waals surface area (Å²) in [7, 11) is 0. The van der Waals surface area contributed by atoms with Gasteiger partial charge in [0, 0.05) is 11.6 Å². The molecule has 1 saturated carbocycles. The predicted molar refractivity (Wildman–Crippen MR) is 71.4 cm³/mol. The van der Waals surface area contributed by atoms with Gasteiger partial charge in [0.1, 0.15) is 0 Å². The van der Waals surface area contributed by atoms with Crippen LogP contribution in [0.1, 0.15) is 36.0 Å². The van der Waals surface area contributed by atoms with Crippen molar-refractivity contribution in [2.75, 3.05) is 6.54 Å². The summed E-state index contributed by atoms with van der Waals surface area (Å²) in [6, 6.07) is 5.50. The highest BCUT2D eigenvalue weighted by atomic mass is 16.4. The van der Waals surface area contributed by atoms with Crippen molar-refractivity contribution in [1.82, 2.24) is 10.3 Å². The summed E-state index contributed by atoms with van der Waals surface area (Å²) < 4.78 is 4.95. The van der Waals surface area contributed by atoms with E-state index in [-0.39, 0.29) is 5.78 Å². The van der Waals surface area contributed by atoms with Gasteiger partial charge in [-0.1, -0.05) is 12.8 Å². The minimum Gasteiger partial charge on any atom is -0.408 e. The zero-order valence-corrected chi connectivity index (χ0v) is 10.6. The molecule has 0 aliphatic heterocycles. The number of fused-ring (bicyclic) bond motifs is 1. The molecule has 5 nitrogen and oxygen atoms in total. The summed E-state index contributed by atoms with van der Waals surface area (Å²) >= 11 is 0. The number of rotatable bonds is 4. The van der Waals surface area contributed by atoms with Crippen LogP contribution in [0.3, 0.4) is 0 Å². The second-order valence-corrected chi connectivity index (χ2v) is 5.01. The normalized spacial score (nSPS) is 16.2. The van der Waals surface area contributed by atoms with E-state index in [4.69, 9.17) is 4.42 Å². The van der Waals surface area contributed by atoms with Crippen LogP contribution < -0.4 is 11.1 Å². The number of hydrogen-bond donors (Lipinski definition) is 2. The SMILES string of the molecule is O=C(CNC1CCCC1)c1ccc2[nH]c(=O)oc2c1. The molecule has 0 bridgehead atoms. The summed E-state index contributed by atoms with van der Waals surface area (Å²) in [5.74, 6) is -0.471. The number of nitrogens with one attached hydrogen (secondary N) is 2. The zero-order valence-electron chi connectivity index (χ0n) is 10.6. The monoisotopic (exact) mass is 260 g/mol. The Morgan fingerprint density at radius 3 is 2.95 bits per heavy atom. The van der Waals surface area contributed by atoms with Crippen LogP contribution in [0.2, 0.25) is 0 Å². The number of carbonyl (C=O) groups is 1. The van der Waals surface area contributed by atoms with E-state index in [1.165, 1.54) is 12.8 Å². The molecule has 5 heteroatoms. The Bertz CT molecular complexity index is 650.